The summed E-state index contributed by atoms with van der Waals surface area (Å²) in [7, 11) is 0. The summed E-state index contributed by atoms with van der Waals surface area (Å²) < 4.78 is 32.0. The second kappa shape index (κ2) is 4.91. The smallest absolute Gasteiger partial charge is 0.382 e. The van der Waals surface area contributed by atoms with Crippen LogP contribution in [0.3, 0.4) is 0 Å². The molecule has 1 aromatic carbocycles. The molecule has 1 aromatic rings. The Balaban J connectivity index is 3.33. The average Bonchev–Trinajstić information content (AvgIpc) is 2.28. The zero-order valence-corrected chi connectivity index (χ0v) is 9.46. The minimum absolute atomic E-state index is 0.137. The van der Waals surface area contributed by atoms with Gasteiger partial charge < -0.3 is 4.74 Å². The fourth-order valence-electron chi connectivity index (χ4n) is 1.50. The number of carbonyl (C=O) groups excluding carboxylic acids is 1. The van der Waals surface area contributed by atoms with Crippen LogP contribution in [0.15, 0.2) is 18.2 Å². The molecule has 0 fully saturated rings. The highest BCUT2D eigenvalue weighted by atomic mass is 19.3. The third kappa shape index (κ3) is 2.41. The molecule has 0 spiro atoms. The Kier molecular flexibility index (Phi) is 3.79. The molecule has 0 saturated heterocycles. The fraction of sp³-hybridized carbons (Fsp3) is 0.333. The lowest BCUT2D eigenvalue weighted by molar-refractivity contribution is -0.173. The molecule has 5 heteroatoms. The van der Waals surface area contributed by atoms with Crippen LogP contribution >= 0.6 is 0 Å². The Labute approximate surface area is 97.6 Å². The molecular formula is C12H11F2NO2. The number of rotatable bonds is 3. The monoisotopic (exact) mass is 239 g/mol. The number of aryl methyl sites for hydroxylation is 1. The van der Waals surface area contributed by atoms with E-state index < -0.39 is 17.5 Å². The summed E-state index contributed by atoms with van der Waals surface area (Å²) in [6.45, 7) is 2.72. The van der Waals surface area contributed by atoms with Crippen LogP contribution in [0.2, 0.25) is 0 Å². The van der Waals surface area contributed by atoms with Gasteiger partial charge in [0.2, 0.25) is 0 Å². The summed E-state index contributed by atoms with van der Waals surface area (Å²) >= 11 is 0. The second-order valence-corrected chi connectivity index (χ2v) is 3.40. The van der Waals surface area contributed by atoms with Crippen LogP contribution in [0.25, 0.3) is 0 Å². The van der Waals surface area contributed by atoms with Gasteiger partial charge in [0, 0.05) is 0 Å². The zero-order valence-electron chi connectivity index (χ0n) is 9.46. The van der Waals surface area contributed by atoms with Crippen LogP contribution in [0.1, 0.15) is 23.6 Å². The van der Waals surface area contributed by atoms with Gasteiger partial charge in [-0.2, -0.15) is 14.0 Å². The molecule has 3 nitrogen and oxygen atoms in total. The first-order chi connectivity index (χ1) is 7.95. The van der Waals surface area contributed by atoms with Crippen molar-refractivity contribution in [1.29, 1.82) is 5.26 Å². The number of nitrogens with zero attached hydrogens (tertiary/aromatic N) is 1. The Hall–Kier alpha value is -1.96. The summed E-state index contributed by atoms with van der Waals surface area (Å²) in [5, 5.41) is 8.78. The highest BCUT2D eigenvalue weighted by Crippen LogP contribution is 2.34. The van der Waals surface area contributed by atoms with E-state index in [4.69, 9.17) is 5.26 Å². The van der Waals surface area contributed by atoms with Crippen molar-refractivity contribution in [3.63, 3.8) is 0 Å². The van der Waals surface area contributed by atoms with Crippen LogP contribution in [-0.2, 0) is 15.5 Å². The Morgan fingerprint density at radius 2 is 2.18 bits per heavy atom. The SMILES string of the molecule is CCOC(=O)C(F)(F)c1c(C)cccc1C#N. The molecule has 0 aliphatic carbocycles. The van der Waals surface area contributed by atoms with Gasteiger partial charge in [0.1, 0.15) is 0 Å². The summed E-state index contributed by atoms with van der Waals surface area (Å²) in [6.07, 6.45) is 0. The van der Waals surface area contributed by atoms with Crippen molar-refractivity contribution in [2.45, 2.75) is 19.8 Å². The molecule has 1 rings (SSSR count). The number of alkyl halides is 2. The molecule has 17 heavy (non-hydrogen) atoms. The Bertz CT molecular complexity index is 478. The Morgan fingerprint density at radius 1 is 1.53 bits per heavy atom. The quantitative estimate of drug-likeness (QED) is 0.761. The van der Waals surface area contributed by atoms with Crippen LogP contribution in [-0.4, -0.2) is 12.6 Å². The van der Waals surface area contributed by atoms with E-state index in [9.17, 15) is 13.6 Å². The number of nitriles is 1. The molecule has 0 aliphatic heterocycles. The van der Waals surface area contributed by atoms with Gasteiger partial charge in [-0.05, 0) is 25.5 Å². The van der Waals surface area contributed by atoms with Crippen molar-refractivity contribution in [2.24, 2.45) is 0 Å². The lowest BCUT2D eigenvalue weighted by Gasteiger charge is -2.18. The minimum Gasteiger partial charge on any atom is -0.461 e. The number of halogens is 2. The maximum Gasteiger partial charge on any atom is 0.382 e. The van der Waals surface area contributed by atoms with Crippen LogP contribution in [0.5, 0.6) is 0 Å². The standard InChI is InChI=1S/C12H11F2NO2/c1-3-17-11(16)12(13,14)10-8(2)5-4-6-9(10)7-15/h4-6H,3H2,1-2H3. The van der Waals surface area contributed by atoms with Gasteiger partial charge in [0.25, 0.3) is 0 Å². The van der Waals surface area contributed by atoms with Gasteiger partial charge in [-0.25, -0.2) is 4.79 Å². The predicted octanol–water partition coefficient (Wildman–Crippen LogP) is 2.52. The molecule has 0 unspecified atom stereocenters. The molecule has 0 heterocycles. The first-order valence-corrected chi connectivity index (χ1v) is 5.00. The molecule has 0 aliphatic rings. The van der Waals surface area contributed by atoms with E-state index in [1.807, 2.05) is 0 Å². The van der Waals surface area contributed by atoms with Gasteiger partial charge >= 0.3 is 11.9 Å². The first-order valence-electron chi connectivity index (χ1n) is 5.00. The number of benzene rings is 1. The van der Waals surface area contributed by atoms with E-state index in [2.05, 4.69) is 4.74 Å². The largest absolute Gasteiger partial charge is 0.461 e. The van der Waals surface area contributed by atoms with Crippen molar-refractivity contribution < 1.29 is 18.3 Å². The molecule has 0 saturated carbocycles. The van der Waals surface area contributed by atoms with Gasteiger partial charge in [0.05, 0.1) is 23.8 Å². The number of hydrogen-bond donors (Lipinski definition) is 0. The second-order valence-electron chi connectivity index (χ2n) is 3.40. The number of esters is 1. The molecular weight excluding hydrogens is 228 g/mol. The number of hydrogen-bond acceptors (Lipinski definition) is 3. The van der Waals surface area contributed by atoms with Crippen molar-refractivity contribution in [2.75, 3.05) is 6.61 Å². The van der Waals surface area contributed by atoms with Crippen LogP contribution in [0, 0.1) is 18.3 Å². The average molecular weight is 239 g/mol. The van der Waals surface area contributed by atoms with Crippen molar-refractivity contribution >= 4 is 5.97 Å². The maximum absolute atomic E-state index is 13.8. The zero-order chi connectivity index (χ0) is 13.1. The maximum atomic E-state index is 13.8. The van der Waals surface area contributed by atoms with E-state index in [0.29, 0.717) is 0 Å². The summed E-state index contributed by atoms with van der Waals surface area (Å²) in [5.41, 5.74) is -0.619. The van der Waals surface area contributed by atoms with E-state index in [1.165, 1.54) is 32.0 Å². The van der Waals surface area contributed by atoms with E-state index in [1.54, 1.807) is 6.07 Å². The summed E-state index contributed by atoms with van der Waals surface area (Å²) in [5.74, 6) is -5.43. The van der Waals surface area contributed by atoms with Crippen molar-refractivity contribution in [1.82, 2.24) is 0 Å². The summed E-state index contributed by atoms with van der Waals surface area (Å²) in [4.78, 5) is 11.2. The Morgan fingerprint density at radius 3 is 2.71 bits per heavy atom. The normalized spacial score (nSPS) is 10.8. The molecule has 0 bridgehead atoms. The van der Waals surface area contributed by atoms with Gasteiger partial charge in [-0.1, -0.05) is 12.1 Å². The molecule has 0 aromatic heterocycles. The topological polar surface area (TPSA) is 50.1 Å². The molecule has 0 N–H and O–H groups in total. The van der Waals surface area contributed by atoms with Crippen LogP contribution < -0.4 is 0 Å². The fourth-order valence-corrected chi connectivity index (χ4v) is 1.50. The van der Waals surface area contributed by atoms with Gasteiger partial charge in [0.15, 0.2) is 0 Å². The van der Waals surface area contributed by atoms with E-state index in [-0.39, 0.29) is 17.7 Å². The highest BCUT2D eigenvalue weighted by molar-refractivity contribution is 5.81. The molecule has 0 radical (unpaired) electrons. The summed E-state index contributed by atoms with van der Waals surface area (Å²) in [6, 6.07) is 5.80. The lowest BCUT2D eigenvalue weighted by atomic mass is 9.97. The predicted molar refractivity (Wildman–Crippen MR) is 56.4 cm³/mol. The number of ether oxygens (including phenoxy) is 1. The van der Waals surface area contributed by atoms with Crippen LogP contribution in [0.4, 0.5) is 8.78 Å². The first kappa shape index (κ1) is 13.1. The van der Waals surface area contributed by atoms with Crippen molar-refractivity contribution in [3.05, 3.63) is 34.9 Å². The minimum atomic E-state index is -3.80. The third-order valence-electron chi connectivity index (χ3n) is 2.24. The van der Waals surface area contributed by atoms with Gasteiger partial charge in [-0.3, -0.25) is 0 Å². The number of carbonyl (C=O) groups is 1. The van der Waals surface area contributed by atoms with E-state index >= 15 is 0 Å². The third-order valence-corrected chi connectivity index (χ3v) is 2.24. The molecule has 90 valence electrons. The lowest BCUT2D eigenvalue weighted by Crippen LogP contribution is -2.30. The molecule has 0 amide bonds. The van der Waals surface area contributed by atoms with E-state index in [0.717, 1.165) is 0 Å². The van der Waals surface area contributed by atoms with Crippen molar-refractivity contribution in [3.8, 4) is 6.07 Å². The highest BCUT2D eigenvalue weighted by Gasteiger charge is 2.45. The van der Waals surface area contributed by atoms with Gasteiger partial charge in [-0.15, -0.1) is 0 Å². The molecule has 0 atom stereocenters.